The Hall–Kier alpha value is -1.46. The summed E-state index contributed by atoms with van der Waals surface area (Å²) in [6, 6.07) is 5.00. The van der Waals surface area contributed by atoms with Crippen molar-refractivity contribution < 1.29 is 14.4 Å². The minimum Gasteiger partial charge on any atom is -0.356 e. The molecule has 0 atom stereocenters. The average Bonchev–Trinajstić information content (AvgIpc) is 2.27. The minimum atomic E-state index is -0.382. The number of nitrogens with zero attached hydrogens (tertiary/aromatic N) is 1. The predicted molar refractivity (Wildman–Crippen MR) is 59.3 cm³/mol. The van der Waals surface area contributed by atoms with Crippen molar-refractivity contribution in [3.8, 4) is 0 Å². The smallest absolute Gasteiger partial charge is 0.272 e. The third kappa shape index (κ3) is 2.77. The van der Waals surface area contributed by atoms with Crippen LogP contribution in [0.25, 0.3) is 0 Å². The Balaban J connectivity index is 2.97. The number of rotatable bonds is 5. The number of hydrogen-bond acceptors (Lipinski definition) is 4. The molecule has 0 unspecified atom stereocenters. The van der Waals surface area contributed by atoms with Crippen molar-refractivity contribution in [2.75, 3.05) is 14.2 Å². The molecule has 0 aromatic heterocycles. The number of nitro benzene ring substituents is 1. The molecule has 0 saturated heterocycles. The summed E-state index contributed by atoms with van der Waals surface area (Å²) in [6.07, 6.45) is 0.126. The number of methoxy groups -OCH3 is 2. The van der Waals surface area contributed by atoms with Crippen LogP contribution >= 0.6 is 0 Å². The lowest BCUT2D eigenvalue weighted by atomic mass is 10.0. The molecule has 5 heteroatoms. The summed E-state index contributed by atoms with van der Waals surface area (Å²) >= 11 is 0. The van der Waals surface area contributed by atoms with Crippen molar-refractivity contribution in [1.29, 1.82) is 0 Å². The topological polar surface area (TPSA) is 61.6 Å². The van der Waals surface area contributed by atoms with E-state index in [0.29, 0.717) is 12.0 Å². The highest BCUT2D eigenvalue weighted by Gasteiger charge is 2.15. The predicted octanol–water partition coefficient (Wildman–Crippen LogP) is 2.06. The van der Waals surface area contributed by atoms with Crippen LogP contribution < -0.4 is 0 Å². The monoisotopic (exact) mass is 225 g/mol. The van der Waals surface area contributed by atoms with Crippen molar-refractivity contribution >= 4 is 5.69 Å². The van der Waals surface area contributed by atoms with E-state index in [1.54, 1.807) is 27.2 Å². The molecule has 0 aliphatic rings. The van der Waals surface area contributed by atoms with Gasteiger partial charge in [0.1, 0.15) is 0 Å². The molecule has 16 heavy (non-hydrogen) atoms. The fraction of sp³-hybridized carbons (Fsp3) is 0.455. The maximum Gasteiger partial charge on any atom is 0.272 e. The van der Waals surface area contributed by atoms with Crippen LogP contribution in [0.1, 0.15) is 11.1 Å². The Labute approximate surface area is 94.1 Å². The van der Waals surface area contributed by atoms with Gasteiger partial charge < -0.3 is 9.47 Å². The maximum atomic E-state index is 10.7. The van der Waals surface area contributed by atoms with Crippen LogP contribution in [-0.2, 0) is 15.9 Å². The summed E-state index contributed by atoms with van der Waals surface area (Å²) in [5.74, 6) is 0. The molecule has 1 aromatic rings. The van der Waals surface area contributed by atoms with Crippen LogP contribution in [0, 0.1) is 17.0 Å². The first kappa shape index (κ1) is 12.6. The lowest BCUT2D eigenvalue weighted by Gasteiger charge is -2.14. The van der Waals surface area contributed by atoms with Crippen molar-refractivity contribution in [3.05, 3.63) is 39.4 Å². The molecular weight excluding hydrogens is 210 g/mol. The number of ether oxygens (including phenoxy) is 2. The van der Waals surface area contributed by atoms with Gasteiger partial charge in [-0.2, -0.15) is 0 Å². The fourth-order valence-corrected chi connectivity index (χ4v) is 1.53. The average molecular weight is 225 g/mol. The van der Waals surface area contributed by atoms with Gasteiger partial charge in [0, 0.05) is 32.3 Å². The van der Waals surface area contributed by atoms with Gasteiger partial charge in [-0.15, -0.1) is 0 Å². The molecule has 0 aliphatic heterocycles. The fourth-order valence-electron chi connectivity index (χ4n) is 1.53. The van der Waals surface area contributed by atoms with E-state index in [0.717, 1.165) is 5.56 Å². The third-order valence-electron chi connectivity index (χ3n) is 2.53. The molecule has 1 aromatic carbocycles. The van der Waals surface area contributed by atoms with Gasteiger partial charge in [-0.05, 0) is 12.5 Å². The molecule has 5 nitrogen and oxygen atoms in total. The molecule has 0 amide bonds. The molecule has 0 fully saturated rings. The van der Waals surface area contributed by atoms with E-state index in [1.165, 1.54) is 6.07 Å². The molecule has 0 spiro atoms. The van der Waals surface area contributed by atoms with Gasteiger partial charge in [-0.3, -0.25) is 10.1 Å². The van der Waals surface area contributed by atoms with Gasteiger partial charge in [0.25, 0.3) is 5.69 Å². The Kier molecular flexibility index (Phi) is 4.39. The summed E-state index contributed by atoms with van der Waals surface area (Å²) in [6.45, 7) is 1.73. The summed E-state index contributed by atoms with van der Waals surface area (Å²) in [5, 5.41) is 10.7. The second-order valence-corrected chi connectivity index (χ2v) is 3.42. The molecule has 0 N–H and O–H groups in total. The molecule has 0 bridgehead atoms. The van der Waals surface area contributed by atoms with E-state index >= 15 is 0 Å². The second-order valence-electron chi connectivity index (χ2n) is 3.42. The van der Waals surface area contributed by atoms with Crippen molar-refractivity contribution in [2.24, 2.45) is 0 Å². The van der Waals surface area contributed by atoms with Crippen LogP contribution in [0.15, 0.2) is 18.2 Å². The van der Waals surface area contributed by atoms with Gasteiger partial charge in [0.15, 0.2) is 6.29 Å². The largest absolute Gasteiger partial charge is 0.356 e. The second kappa shape index (κ2) is 5.58. The molecule has 0 saturated carbocycles. The number of nitro groups is 1. The van der Waals surface area contributed by atoms with E-state index in [2.05, 4.69) is 0 Å². The van der Waals surface area contributed by atoms with Gasteiger partial charge in [-0.25, -0.2) is 0 Å². The van der Waals surface area contributed by atoms with E-state index in [9.17, 15) is 10.1 Å². The quantitative estimate of drug-likeness (QED) is 0.437. The van der Waals surface area contributed by atoms with E-state index in [-0.39, 0.29) is 16.9 Å². The van der Waals surface area contributed by atoms with E-state index < -0.39 is 0 Å². The van der Waals surface area contributed by atoms with Crippen LogP contribution in [-0.4, -0.2) is 25.4 Å². The minimum absolute atomic E-state index is 0.128. The maximum absolute atomic E-state index is 10.7. The Morgan fingerprint density at radius 1 is 1.38 bits per heavy atom. The third-order valence-corrected chi connectivity index (χ3v) is 2.53. The van der Waals surface area contributed by atoms with E-state index in [1.807, 2.05) is 6.07 Å². The summed E-state index contributed by atoms with van der Waals surface area (Å²) in [7, 11) is 3.09. The zero-order valence-corrected chi connectivity index (χ0v) is 9.60. The Bertz CT molecular complexity index is 374. The highest BCUT2D eigenvalue weighted by Crippen LogP contribution is 2.22. The molecule has 0 aliphatic carbocycles. The normalized spacial score (nSPS) is 10.8. The lowest BCUT2D eigenvalue weighted by molar-refractivity contribution is -0.385. The standard InChI is InChI=1S/C11H15NO4/c1-8-9(7-11(15-2)16-3)5-4-6-10(8)12(13)14/h4-6,11H,7H2,1-3H3. The van der Waals surface area contributed by atoms with Gasteiger partial charge >= 0.3 is 0 Å². The zero-order valence-electron chi connectivity index (χ0n) is 9.60. The Morgan fingerprint density at radius 2 is 2.00 bits per heavy atom. The molecule has 0 heterocycles. The zero-order chi connectivity index (χ0) is 12.1. The van der Waals surface area contributed by atoms with Gasteiger partial charge in [-0.1, -0.05) is 12.1 Å². The first-order valence-electron chi connectivity index (χ1n) is 4.88. The van der Waals surface area contributed by atoms with Crippen molar-refractivity contribution in [1.82, 2.24) is 0 Å². The van der Waals surface area contributed by atoms with Gasteiger partial charge in [0.05, 0.1) is 4.92 Å². The first-order chi connectivity index (χ1) is 7.60. The van der Waals surface area contributed by atoms with Crippen LogP contribution in [0.5, 0.6) is 0 Å². The van der Waals surface area contributed by atoms with Crippen LogP contribution in [0.2, 0.25) is 0 Å². The molecular formula is C11H15NO4. The SMILES string of the molecule is COC(Cc1cccc([N+](=O)[O-])c1C)OC. The van der Waals surface area contributed by atoms with E-state index in [4.69, 9.17) is 9.47 Å². The lowest BCUT2D eigenvalue weighted by Crippen LogP contribution is -2.16. The molecule has 88 valence electrons. The number of benzene rings is 1. The first-order valence-corrected chi connectivity index (χ1v) is 4.88. The highest BCUT2D eigenvalue weighted by atomic mass is 16.7. The van der Waals surface area contributed by atoms with Crippen molar-refractivity contribution in [3.63, 3.8) is 0 Å². The number of hydrogen-bond donors (Lipinski definition) is 0. The van der Waals surface area contributed by atoms with Crippen LogP contribution in [0.4, 0.5) is 5.69 Å². The Morgan fingerprint density at radius 3 is 2.50 bits per heavy atom. The molecule has 1 rings (SSSR count). The summed E-state index contributed by atoms with van der Waals surface area (Å²) in [4.78, 5) is 10.4. The van der Waals surface area contributed by atoms with Gasteiger partial charge in [0.2, 0.25) is 0 Å². The van der Waals surface area contributed by atoms with Crippen molar-refractivity contribution in [2.45, 2.75) is 19.6 Å². The molecule has 0 radical (unpaired) electrons. The highest BCUT2D eigenvalue weighted by molar-refractivity contribution is 5.44. The van der Waals surface area contributed by atoms with Crippen LogP contribution in [0.3, 0.4) is 0 Å². The summed E-state index contributed by atoms with van der Waals surface area (Å²) in [5.41, 5.74) is 1.65. The summed E-state index contributed by atoms with van der Waals surface area (Å²) < 4.78 is 10.1.